The van der Waals surface area contributed by atoms with Gasteiger partial charge in [-0.2, -0.15) is 13.2 Å². The maximum atomic E-state index is 17.2. The molecule has 1 saturated heterocycles. The van der Waals surface area contributed by atoms with E-state index in [1.165, 1.54) is 0 Å². The molecule has 1 aromatic carbocycles. The molecule has 3 heterocycles. The maximum Gasteiger partial charge on any atom is 0.416 e. The number of rotatable bonds is 9. The molecule has 1 saturated carbocycles. The van der Waals surface area contributed by atoms with Gasteiger partial charge in [0.15, 0.2) is 11.9 Å². The van der Waals surface area contributed by atoms with Gasteiger partial charge in [-0.15, -0.1) is 0 Å². The summed E-state index contributed by atoms with van der Waals surface area (Å²) in [5, 5.41) is 11.6. The Kier molecular flexibility index (Phi) is 10.7. The molecule has 3 aromatic rings. The predicted molar refractivity (Wildman–Crippen MR) is 183 cm³/mol. The summed E-state index contributed by atoms with van der Waals surface area (Å²) < 4.78 is 92.3. The van der Waals surface area contributed by atoms with Crippen LogP contribution in [0.5, 0.6) is 5.75 Å². The number of halogens is 6. The van der Waals surface area contributed by atoms with Gasteiger partial charge in [-0.3, -0.25) is 4.98 Å². The first-order valence-corrected chi connectivity index (χ1v) is 18.1. The Balaban J connectivity index is 1.37. The van der Waals surface area contributed by atoms with E-state index in [1.807, 2.05) is 18.7 Å². The van der Waals surface area contributed by atoms with Crippen LogP contribution < -0.4 is 9.64 Å². The van der Waals surface area contributed by atoms with Crippen molar-refractivity contribution in [1.82, 2.24) is 15.0 Å². The van der Waals surface area contributed by atoms with E-state index < -0.39 is 35.9 Å². The number of hydrogen-bond acceptors (Lipinski definition) is 6. The summed E-state index contributed by atoms with van der Waals surface area (Å²) in [5.74, 6) is -1.85. The molecule has 51 heavy (non-hydrogen) atoms. The second kappa shape index (κ2) is 14.5. The Morgan fingerprint density at radius 1 is 0.941 bits per heavy atom. The van der Waals surface area contributed by atoms with E-state index in [0.717, 1.165) is 30.7 Å². The fourth-order valence-electron chi connectivity index (χ4n) is 8.03. The quantitative estimate of drug-likeness (QED) is 0.222. The third-order valence-corrected chi connectivity index (χ3v) is 10.8. The predicted octanol–water partition coefficient (Wildman–Crippen LogP) is 10.1. The highest BCUT2D eigenvalue weighted by Gasteiger charge is 2.44. The summed E-state index contributed by atoms with van der Waals surface area (Å²) in [6, 6.07) is 4.02. The molecule has 0 bridgehead atoms. The van der Waals surface area contributed by atoms with Crippen molar-refractivity contribution in [3.63, 3.8) is 0 Å². The first-order valence-electron chi connectivity index (χ1n) is 18.1. The van der Waals surface area contributed by atoms with Crippen molar-refractivity contribution in [1.29, 1.82) is 0 Å². The third kappa shape index (κ3) is 8.47. The topological polar surface area (TPSA) is 71.4 Å². The lowest BCUT2D eigenvalue weighted by molar-refractivity contribution is -0.137. The zero-order valence-electron chi connectivity index (χ0n) is 29.7. The first kappa shape index (κ1) is 37.4. The Morgan fingerprint density at radius 2 is 1.57 bits per heavy atom. The fraction of sp³-hybridized carbons (Fsp3) is 0.615. The van der Waals surface area contributed by atoms with Crippen LogP contribution in [0.15, 0.2) is 36.7 Å². The summed E-state index contributed by atoms with van der Waals surface area (Å²) in [6.07, 6.45) is -1.64. The van der Waals surface area contributed by atoms with Gasteiger partial charge in [0.05, 0.1) is 36.4 Å². The highest BCUT2D eigenvalue weighted by molar-refractivity contribution is 5.51. The fourth-order valence-corrected chi connectivity index (χ4v) is 8.03. The van der Waals surface area contributed by atoms with Crippen LogP contribution in [0, 0.1) is 11.3 Å². The number of pyridine rings is 1. The highest BCUT2D eigenvalue weighted by Crippen LogP contribution is 2.52. The second-order valence-electron chi connectivity index (χ2n) is 15.9. The number of aromatic nitrogens is 3. The molecule has 1 aliphatic heterocycles. The minimum Gasteiger partial charge on any atom is -0.490 e. The van der Waals surface area contributed by atoms with Gasteiger partial charge in [0.2, 0.25) is 11.9 Å². The summed E-state index contributed by atoms with van der Waals surface area (Å²) in [4.78, 5) is 16.2. The normalized spacial score (nSPS) is 21.8. The average Bonchev–Trinajstić information content (AvgIpc) is 3.06. The van der Waals surface area contributed by atoms with E-state index in [1.54, 1.807) is 12.4 Å². The van der Waals surface area contributed by atoms with Crippen molar-refractivity contribution >= 4 is 5.95 Å². The number of fused-ring (bicyclic) bond motifs is 1. The second-order valence-corrected chi connectivity index (χ2v) is 15.9. The smallest absolute Gasteiger partial charge is 0.416 e. The number of piperidine rings is 1. The zero-order valence-corrected chi connectivity index (χ0v) is 29.7. The van der Waals surface area contributed by atoms with E-state index in [0.29, 0.717) is 85.5 Å². The summed E-state index contributed by atoms with van der Waals surface area (Å²) in [6.45, 7) is 9.99. The standard InChI is InChI=1S/C39H48F6N4O2/c1-23(2)13-18-51-28-21-46-36(47-22-28)49-16-11-26(12-17-49)35-33(34(40)25-5-7-27(8-6-25)39(43,44)45)31(24-9-14-38(41,42)15-10-24)32-29(48-35)19-37(3,4)20-30(32)50/h5-8,21-24,26,30,34,50H,9-20H2,1-4H3. The summed E-state index contributed by atoms with van der Waals surface area (Å²) >= 11 is 0. The van der Waals surface area contributed by atoms with E-state index >= 15 is 4.39 Å². The number of anilines is 1. The van der Waals surface area contributed by atoms with Crippen molar-refractivity contribution in [3.05, 3.63) is 75.9 Å². The molecule has 3 aliphatic rings. The van der Waals surface area contributed by atoms with Crippen molar-refractivity contribution in [2.45, 2.75) is 122 Å². The molecular formula is C39H48F6N4O2. The molecule has 6 rings (SSSR count). The number of aliphatic hydroxyl groups is 1. The van der Waals surface area contributed by atoms with E-state index in [4.69, 9.17) is 9.72 Å². The van der Waals surface area contributed by atoms with Crippen LogP contribution in [0.4, 0.5) is 32.3 Å². The third-order valence-electron chi connectivity index (χ3n) is 10.8. The molecule has 12 heteroatoms. The van der Waals surface area contributed by atoms with Crippen LogP contribution in [-0.4, -0.2) is 45.7 Å². The molecule has 2 atom stereocenters. The minimum absolute atomic E-state index is 0.0283. The lowest BCUT2D eigenvalue weighted by Crippen LogP contribution is -2.36. The van der Waals surface area contributed by atoms with Crippen LogP contribution in [-0.2, 0) is 12.6 Å². The first-order chi connectivity index (χ1) is 24.0. The largest absolute Gasteiger partial charge is 0.490 e. The zero-order chi connectivity index (χ0) is 36.7. The molecule has 0 radical (unpaired) electrons. The van der Waals surface area contributed by atoms with Crippen molar-refractivity contribution in [3.8, 4) is 5.75 Å². The molecule has 0 amide bonds. The van der Waals surface area contributed by atoms with Gasteiger partial charge in [0, 0.05) is 48.7 Å². The van der Waals surface area contributed by atoms with Gasteiger partial charge in [-0.05, 0) is 85.5 Å². The van der Waals surface area contributed by atoms with Crippen LogP contribution in [0.1, 0.15) is 142 Å². The molecule has 2 fully saturated rings. The van der Waals surface area contributed by atoms with Crippen molar-refractivity contribution in [2.24, 2.45) is 11.3 Å². The summed E-state index contributed by atoms with van der Waals surface area (Å²) in [5.41, 5.74) is 1.26. The van der Waals surface area contributed by atoms with Crippen molar-refractivity contribution < 1.29 is 36.2 Å². The molecule has 278 valence electrons. The maximum absolute atomic E-state index is 17.2. The van der Waals surface area contributed by atoms with Crippen LogP contribution in [0.25, 0.3) is 0 Å². The van der Waals surface area contributed by atoms with E-state index in [9.17, 15) is 27.1 Å². The van der Waals surface area contributed by atoms with E-state index in [-0.39, 0.29) is 48.1 Å². The van der Waals surface area contributed by atoms with Crippen molar-refractivity contribution in [2.75, 3.05) is 24.6 Å². The highest BCUT2D eigenvalue weighted by atomic mass is 19.4. The Bertz CT molecular complexity index is 1640. The van der Waals surface area contributed by atoms with E-state index in [2.05, 4.69) is 23.8 Å². The minimum atomic E-state index is -4.59. The van der Waals surface area contributed by atoms with Crippen LogP contribution >= 0.6 is 0 Å². The average molecular weight is 719 g/mol. The Labute approximate surface area is 296 Å². The molecule has 2 aromatic heterocycles. The van der Waals surface area contributed by atoms with Gasteiger partial charge in [-0.25, -0.2) is 23.1 Å². The number of nitrogens with zero attached hydrogens (tertiary/aromatic N) is 4. The monoisotopic (exact) mass is 718 g/mol. The number of aliphatic hydroxyl groups excluding tert-OH is 1. The lowest BCUT2D eigenvalue weighted by atomic mass is 9.68. The van der Waals surface area contributed by atoms with Crippen LogP contribution in [0.3, 0.4) is 0 Å². The molecule has 0 spiro atoms. The Morgan fingerprint density at radius 3 is 2.16 bits per heavy atom. The number of hydrogen-bond donors (Lipinski definition) is 1. The SMILES string of the molecule is CC(C)CCOc1cnc(N2CCC(c3nc4c(c(C5CCC(F)(F)CC5)c3C(F)c3ccc(C(F)(F)F)cc3)C(O)CC(C)(C)C4)CC2)nc1. The Hall–Kier alpha value is -3.41. The molecule has 6 nitrogen and oxygen atoms in total. The van der Waals surface area contributed by atoms with Gasteiger partial charge in [0.1, 0.15) is 0 Å². The number of ether oxygens (including phenoxy) is 1. The number of alkyl halides is 6. The number of benzene rings is 1. The molecular weight excluding hydrogens is 670 g/mol. The van der Waals surface area contributed by atoms with Gasteiger partial charge >= 0.3 is 6.18 Å². The molecule has 2 unspecified atom stereocenters. The van der Waals surface area contributed by atoms with Gasteiger partial charge in [0.25, 0.3) is 0 Å². The molecule has 1 N–H and O–H groups in total. The van der Waals surface area contributed by atoms with Crippen LogP contribution in [0.2, 0.25) is 0 Å². The lowest BCUT2D eigenvalue weighted by Gasteiger charge is -2.41. The van der Waals surface area contributed by atoms with Gasteiger partial charge in [-0.1, -0.05) is 39.8 Å². The van der Waals surface area contributed by atoms with Gasteiger partial charge < -0.3 is 14.7 Å². The molecule has 2 aliphatic carbocycles. The summed E-state index contributed by atoms with van der Waals surface area (Å²) in [7, 11) is 0.